The third kappa shape index (κ3) is 3.69. The van der Waals surface area contributed by atoms with Crippen LogP contribution in [0, 0.1) is 0 Å². The average Bonchev–Trinajstić information content (AvgIpc) is 3.02. The fraction of sp³-hybridized carbons (Fsp3) is 0.130. The summed E-state index contributed by atoms with van der Waals surface area (Å²) >= 11 is 5.91. The summed E-state index contributed by atoms with van der Waals surface area (Å²) in [5.41, 5.74) is 1.67. The predicted octanol–water partition coefficient (Wildman–Crippen LogP) is 4.60. The van der Waals surface area contributed by atoms with Crippen molar-refractivity contribution in [1.29, 1.82) is 0 Å². The van der Waals surface area contributed by atoms with E-state index in [-0.39, 0.29) is 12.2 Å². The van der Waals surface area contributed by atoms with Gasteiger partial charge in [0.15, 0.2) is 0 Å². The molecule has 1 aliphatic rings. The molecule has 3 amide bonds. The Kier molecular flexibility index (Phi) is 5.33. The first kappa shape index (κ1) is 19.8. The van der Waals surface area contributed by atoms with Crippen LogP contribution in [-0.2, 0) is 11.3 Å². The second kappa shape index (κ2) is 8.08. The van der Waals surface area contributed by atoms with Gasteiger partial charge < -0.3 is 14.8 Å². The molecule has 0 radical (unpaired) electrons. The lowest BCUT2D eigenvalue weighted by atomic mass is 10.0. The minimum Gasteiger partial charge on any atom is -0.497 e. The average molecular weight is 423 g/mol. The number of nitrogens with one attached hydrogen (secondary N) is 1. The molecule has 1 saturated heterocycles. The van der Waals surface area contributed by atoms with Crippen LogP contribution in [0.15, 0.2) is 60.3 Å². The third-order valence-corrected chi connectivity index (χ3v) is 5.21. The van der Waals surface area contributed by atoms with Gasteiger partial charge in [-0.15, -0.1) is 0 Å². The van der Waals surface area contributed by atoms with Gasteiger partial charge in [-0.25, -0.2) is 4.79 Å². The molecule has 3 aromatic carbocycles. The minimum atomic E-state index is -0.474. The number of imide groups is 1. The molecule has 1 aliphatic heterocycles. The second-order valence-corrected chi connectivity index (χ2v) is 7.21. The molecule has 0 aliphatic carbocycles. The van der Waals surface area contributed by atoms with Crippen molar-refractivity contribution in [1.82, 2.24) is 10.2 Å². The minimum absolute atomic E-state index is 0.152. The molecule has 0 bridgehead atoms. The topological polar surface area (TPSA) is 67.9 Å². The molecule has 6 nitrogen and oxygen atoms in total. The molecule has 0 spiro atoms. The third-order valence-electron chi connectivity index (χ3n) is 4.96. The van der Waals surface area contributed by atoms with Gasteiger partial charge in [0, 0.05) is 10.6 Å². The fourth-order valence-corrected chi connectivity index (χ4v) is 3.51. The molecule has 1 N–H and O–H groups in total. The number of carbonyl (C=O) groups is 2. The van der Waals surface area contributed by atoms with Crippen molar-refractivity contribution >= 4 is 40.4 Å². The Morgan fingerprint density at radius 1 is 1.00 bits per heavy atom. The molecule has 0 aromatic heterocycles. The highest BCUT2D eigenvalue weighted by Crippen LogP contribution is 2.33. The van der Waals surface area contributed by atoms with E-state index in [1.54, 1.807) is 44.6 Å². The highest BCUT2D eigenvalue weighted by atomic mass is 35.5. The number of hydrogen-bond acceptors (Lipinski definition) is 4. The van der Waals surface area contributed by atoms with Gasteiger partial charge in [-0.3, -0.25) is 9.69 Å². The number of fused-ring (bicyclic) bond motifs is 1. The first-order valence-corrected chi connectivity index (χ1v) is 9.61. The van der Waals surface area contributed by atoms with Crippen molar-refractivity contribution in [3.8, 4) is 11.5 Å². The molecule has 152 valence electrons. The summed E-state index contributed by atoms with van der Waals surface area (Å²) in [6.45, 7) is 0.152. The van der Waals surface area contributed by atoms with E-state index in [0.717, 1.165) is 21.2 Å². The zero-order chi connectivity index (χ0) is 21.3. The number of rotatable bonds is 5. The molecule has 0 unspecified atom stereocenters. The molecule has 7 heteroatoms. The normalized spacial score (nSPS) is 15.0. The predicted molar refractivity (Wildman–Crippen MR) is 116 cm³/mol. The summed E-state index contributed by atoms with van der Waals surface area (Å²) in [5.74, 6) is 0.861. The number of urea groups is 1. The van der Waals surface area contributed by atoms with Gasteiger partial charge in [0.1, 0.15) is 17.2 Å². The van der Waals surface area contributed by atoms with Crippen molar-refractivity contribution in [2.75, 3.05) is 14.2 Å². The molecule has 4 rings (SSSR count). The van der Waals surface area contributed by atoms with E-state index in [2.05, 4.69) is 5.32 Å². The summed E-state index contributed by atoms with van der Waals surface area (Å²) in [5, 5.41) is 5.06. The summed E-state index contributed by atoms with van der Waals surface area (Å²) in [6, 6.07) is 16.0. The van der Waals surface area contributed by atoms with Gasteiger partial charge in [0.25, 0.3) is 5.91 Å². The Morgan fingerprint density at radius 2 is 1.73 bits per heavy atom. The van der Waals surface area contributed by atoms with Crippen molar-refractivity contribution in [2.45, 2.75) is 6.54 Å². The van der Waals surface area contributed by atoms with Crippen LogP contribution in [0.5, 0.6) is 11.5 Å². The molecule has 3 aromatic rings. The Bertz CT molecular complexity index is 1170. The van der Waals surface area contributed by atoms with E-state index < -0.39 is 11.9 Å². The van der Waals surface area contributed by atoms with Gasteiger partial charge in [0.05, 0.1) is 20.8 Å². The number of methoxy groups -OCH3 is 2. The van der Waals surface area contributed by atoms with Crippen molar-refractivity contribution in [2.24, 2.45) is 0 Å². The monoisotopic (exact) mass is 422 g/mol. The summed E-state index contributed by atoms with van der Waals surface area (Å²) in [7, 11) is 3.15. The maximum Gasteiger partial charge on any atom is 0.329 e. The van der Waals surface area contributed by atoms with Crippen molar-refractivity contribution in [3.63, 3.8) is 0 Å². The first-order valence-electron chi connectivity index (χ1n) is 9.24. The molecule has 1 heterocycles. The molecule has 30 heavy (non-hydrogen) atoms. The van der Waals surface area contributed by atoms with Crippen LogP contribution >= 0.6 is 11.6 Å². The number of carbonyl (C=O) groups excluding carboxylic acids is 2. The Labute approximate surface area is 178 Å². The van der Waals surface area contributed by atoms with Gasteiger partial charge in [-0.1, -0.05) is 35.9 Å². The van der Waals surface area contributed by atoms with Gasteiger partial charge >= 0.3 is 6.03 Å². The Hall–Kier alpha value is -3.51. The molecule has 0 saturated carbocycles. The summed E-state index contributed by atoms with van der Waals surface area (Å²) < 4.78 is 10.8. The first-order chi connectivity index (χ1) is 14.5. The number of hydrogen-bond donors (Lipinski definition) is 1. The Balaban J connectivity index is 1.72. The SMILES string of the molecule is COc1ccc2ccc(OC)c(C=C3NC(=O)N(Cc4ccc(Cl)cc4)C3=O)c2c1. The van der Waals surface area contributed by atoms with Crippen LogP contribution in [0.3, 0.4) is 0 Å². The van der Waals surface area contributed by atoms with Crippen LogP contribution in [0.25, 0.3) is 16.8 Å². The van der Waals surface area contributed by atoms with Crippen LogP contribution in [0.4, 0.5) is 4.79 Å². The van der Waals surface area contributed by atoms with E-state index in [4.69, 9.17) is 21.1 Å². The van der Waals surface area contributed by atoms with E-state index in [1.165, 1.54) is 0 Å². The molecular weight excluding hydrogens is 404 g/mol. The smallest absolute Gasteiger partial charge is 0.329 e. The fourth-order valence-electron chi connectivity index (χ4n) is 3.39. The zero-order valence-corrected chi connectivity index (χ0v) is 17.2. The van der Waals surface area contributed by atoms with Crippen LogP contribution in [0.1, 0.15) is 11.1 Å². The van der Waals surface area contributed by atoms with Gasteiger partial charge in [0.2, 0.25) is 0 Å². The summed E-state index contributed by atoms with van der Waals surface area (Å²) in [4.78, 5) is 26.5. The lowest BCUT2D eigenvalue weighted by molar-refractivity contribution is -0.123. The number of halogens is 1. The highest BCUT2D eigenvalue weighted by Gasteiger charge is 2.33. The van der Waals surface area contributed by atoms with Crippen molar-refractivity contribution < 1.29 is 19.1 Å². The Morgan fingerprint density at radius 3 is 2.43 bits per heavy atom. The quantitative estimate of drug-likeness (QED) is 0.482. The zero-order valence-electron chi connectivity index (χ0n) is 16.4. The number of nitrogens with zero attached hydrogens (tertiary/aromatic N) is 1. The molecule has 0 atom stereocenters. The number of benzene rings is 3. The number of ether oxygens (including phenoxy) is 2. The van der Waals surface area contributed by atoms with Crippen LogP contribution in [0.2, 0.25) is 5.02 Å². The van der Waals surface area contributed by atoms with E-state index in [1.807, 2.05) is 30.3 Å². The lowest BCUT2D eigenvalue weighted by Gasteiger charge is -2.12. The second-order valence-electron chi connectivity index (χ2n) is 6.77. The molecular formula is C23H19ClN2O4. The van der Waals surface area contributed by atoms with E-state index >= 15 is 0 Å². The van der Waals surface area contributed by atoms with Gasteiger partial charge in [-0.05, 0) is 52.7 Å². The maximum atomic E-state index is 12.9. The standard InChI is InChI=1S/C23H19ClN2O4/c1-29-17-9-5-15-6-10-21(30-2)19(18(15)11-17)12-20-22(27)26(23(28)25-20)13-14-3-7-16(24)8-4-14/h3-12H,13H2,1-2H3,(H,25,28). The largest absolute Gasteiger partial charge is 0.497 e. The lowest BCUT2D eigenvalue weighted by Crippen LogP contribution is -2.30. The van der Waals surface area contributed by atoms with E-state index in [9.17, 15) is 9.59 Å². The van der Waals surface area contributed by atoms with E-state index in [0.29, 0.717) is 22.1 Å². The highest BCUT2D eigenvalue weighted by molar-refractivity contribution is 6.30. The van der Waals surface area contributed by atoms with Crippen LogP contribution in [-0.4, -0.2) is 31.1 Å². The molecule has 1 fully saturated rings. The maximum absolute atomic E-state index is 12.9. The number of amides is 3. The van der Waals surface area contributed by atoms with Crippen molar-refractivity contribution in [3.05, 3.63) is 76.4 Å². The van der Waals surface area contributed by atoms with Gasteiger partial charge in [-0.2, -0.15) is 0 Å². The summed E-state index contributed by atoms with van der Waals surface area (Å²) in [6.07, 6.45) is 1.64. The van der Waals surface area contributed by atoms with Crippen LogP contribution < -0.4 is 14.8 Å².